The van der Waals surface area contributed by atoms with Crippen LogP contribution in [0.1, 0.15) is 44.7 Å². The van der Waals surface area contributed by atoms with Crippen molar-refractivity contribution in [2.24, 2.45) is 0 Å². The van der Waals surface area contributed by atoms with Crippen LogP contribution in [0.4, 0.5) is 4.39 Å². The SMILES string of the molecule is CCCC(NC(CC)c1ccc(F)cc1)C(=O)O. The topological polar surface area (TPSA) is 49.3 Å². The number of rotatable bonds is 7. The van der Waals surface area contributed by atoms with Gasteiger partial charge in [0.1, 0.15) is 11.9 Å². The Morgan fingerprint density at radius 3 is 2.39 bits per heavy atom. The number of carboxylic acids is 1. The van der Waals surface area contributed by atoms with Crippen LogP contribution in [-0.2, 0) is 4.79 Å². The van der Waals surface area contributed by atoms with Gasteiger partial charge in [0.15, 0.2) is 0 Å². The number of benzene rings is 1. The molecule has 0 bridgehead atoms. The lowest BCUT2D eigenvalue weighted by Crippen LogP contribution is -2.38. The second-order valence-electron chi connectivity index (χ2n) is 4.36. The highest BCUT2D eigenvalue weighted by atomic mass is 19.1. The molecule has 0 spiro atoms. The van der Waals surface area contributed by atoms with Crippen molar-refractivity contribution in [3.05, 3.63) is 35.6 Å². The zero-order valence-electron chi connectivity index (χ0n) is 10.8. The number of aliphatic carboxylic acids is 1. The molecule has 3 nitrogen and oxygen atoms in total. The van der Waals surface area contributed by atoms with Gasteiger partial charge in [0, 0.05) is 6.04 Å². The first-order valence-corrected chi connectivity index (χ1v) is 6.32. The molecule has 0 heterocycles. The quantitative estimate of drug-likeness (QED) is 0.785. The predicted molar refractivity (Wildman–Crippen MR) is 68.9 cm³/mol. The summed E-state index contributed by atoms with van der Waals surface area (Å²) >= 11 is 0. The van der Waals surface area contributed by atoms with Crippen molar-refractivity contribution < 1.29 is 14.3 Å². The summed E-state index contributed by atoms with van der Waals surface area (Å²) in [4.78, 5) is 11.1. The molecule has 0 saturated carbocycles. The molecular weight excluding hydrogens is 233 g/mol. The van der Waals surface area contributed by atoms with Crippen molar-refractivity contribution >= 4 is 5.97 Å². The second-order valence-corrected chi connectivity index (χ2v) is 4.36. The average molecular weight is 253 g/mol. The van der Waals surface area contributed by atoms with Crippen LogP contribution in [0.2, 0.25) is 0 Å². The Kier molecular flexibility index (Phi) is 5.78. The zero-order chi connectivity index (χ0) is 13.5. The van der Waals surface area contributed by atoms with Crippen molar-refractivity contribution in [3.8, 4) is 0 Å². The van der Waals surface area contributed by atoms with Gasteiger partial charge >= 0.3 is 5.97 Å². The fraction of sp³-hybridized carbons (Fsp3) is 0.500. The highest BCUT2D eigenvalue weighted by Crippen LogP contribution is 2.18. The molecule has 2 atom stereocenters. The smallest absolute Gasteiger partial charge is 0.320 e. The average Bonchev–Trinajstić information content (AvgIpc) is 2.35. The first kappa shape index (κ1) is 14.6. The van der Waals surface area contributed by atoms with Gasteiger partial charge in [-0.05, 0) is 30.5 Å². The van der Waals surface area contributed by atoms with Crippen LogP contribution in [0.5, 0.6) is 0 Å². The van der Waals surface area contributed by atoms with Gasteiger partial charge in [-0.2, -0.15) is 0 Å². The summed E-state index contributed by atoms with van der Waals surface area (Å²) in [6.45, 7) is 3.93. The molecule has 0 radical (unpaired) electrons. The second kappa shape index (κ2) is 7.11. The molecule has 0 aliphatic rings. The molecule has 0 saturated heterocycles. The summed E-state index contributed by atoms with van der Waals surface area (Å²) < 4.78 is 12.9. The molecule has 100 valence electrons. The maximum atomic E-state index is 12.9. The summed E-state index contributed by atoms with van der Waals surface area (Å²) in [5.41, 5.74) is 0.918. The Morgan fingerprint density at radius 2 is 1.94 bits per heavy atom. The van der Waals surface area contributed by atoms with E-state index in [9.17, 15) is 9.18 Å². The standard InChI is InChI=1S/C14H20FNO2/c1-3-5-13(14(17)18)16-12(4-2)10-6-8-11(15)9-7-10/h6-9,12-13,16H,3-5H2,1-2H3,(H,17,18). The Morgan fingerprint density at radius 1 is 1.33 bits per heavy atom. The van der Waals surface area contributed by atoms with Gasteiger partial charge in [-0.15, -0.1) is 0 Å². The van der Waals surface area contributed by atoms with Gasteiger partial charge in [0.05, 0.1) is 0 Å². The normalized spacial score (nSPS) is 14.2. The van der Waals surface area contributed by atoms with E-state index in [1.165, 1.54) is 12.1 Å². The van der Waals surface area contributed by atoms with Crippen LogP contribution in [0, 0.1) is 5.82 Å². The number of hydrogen-bond donors (Lipinski definition) is 2. The van der Waals surface area contributed by atoms with Crippen LogP contribution >= 0.6 is 0 Å². The van der Waals surface area contributed by atoms with E-state index in [1.807, 2.05) is 13.8 Å². The number of nitrogens with one attached hydrogen (secondary N) is 1. The largest absolute Gasteiger partial charge is 0.480 e. The lowest BCUT2D eigenvalue weighted by Gasteiger charge is -2.22. The van der Waals surface area contributed by atoms with E-state index in [1.54, 1.807) is 12.1 Å². The van der Waals surface area contributed by atoms with Gasteiger partial charge in [-0.25, -0.2) is 4.39 Å². The number of halogens is 1. The van der Waals surface area contributed by atoms with Crippen molar-refractivity contribution in [2.75, 3.05) is 0 Å². The highest BCUT2D eigenvalue weighted by molar-refractivity contribution is 5.73. The monoisotopic (exact) mass is 253 g/mol. The summed E-state index contributed by atoms with van der Waals surface area (Å²) in [6, 6.07) is 5.58. The molecular formula is C14H20FNO2. The minimum absolute atomic E-state index is 0.0572. The molecule has 0 aliphatic heterocycles. The van der Waals surface area contributed by atoms with Gasteiger partial charge in [-0.3, -0.25) is 10.1 Å². The maximum Gasteiger partial charge on any atom is 0.320 e. The molecule has 0 aromatic heterocycles. The van der Waals surface area contributed by atoms with E-state index in [4.69, 9.17) is 5.11 Å². The fourth-order valence-electron chi connectivity index (χ4n) is 1.95. The summed E-state index contributed by atoms with van der Waals surface area (Å²) in [6.07, 6.45) is 2.16. The Bertz CT molecular complexity index is 378. The lowest BCUT2D eigenvalue weighted by atomic mass is 10.0. The molecule has 0 amide bonds. The third kappa shape index (κ3) is 4.11. The van der Waals surface area contributed by atoms with Crippen LogP contribution < -0.4 is 5.32 Å². The first-order chi connectivity index (χ1) is 8.58. The maximum absolute atomic E-state index is 12.9. The van der Waals surface area contributed by atoms with E-state index in [2.05, 4.69) is 5.32 Å². The van der Waals surface area contributed by atoms with Crippen LogP contribution in [0.25, 0.3) is 0 Å². The first-order valence-electron chi connectivity index (χ1n) is 6.32. The van der Waals surface area contributed by atoms with Crippen molar-refractivity contribution in [1.29, 1.82) is 0 Å². The van der Waals surface area contributed by atoms with E-state index >= 15 is 0 Å². The molecule has 2 unspecified atom stereocenters. The predicted octanol–water partition coefficient (Wildman–Crippen LogP) is 3.12. The van der Waals surface area contributed by atoms with Gasteiger partial charge in [0.2, 0.25) is 0 Å². The molecule has 1 aromatic rings. The van der Waals surface area contributed by atoms with Gasteiger partial charge in [0.25, 0.3) is 0 Å². The molecule has 1 rings (SSSR count). The minimum Gasteiger partial charge on any atom is -0.480 e. The number of carbonyl (C=O) groups is 1. The van der Waals surface area contributed by atoms with E-state index in [0.717, 1.165) is 18.4 Å². The molecule has 18 heavy (non-hydrogen) atoms. The molecule has 0 fully saturated rings. The number of carboxylic acid groups (broad SMARTS) is 1. The third-order valence-corrected chi connectivity index (χ3v) is 2.96. The van der Waals surface area contributed by atoms with Gasteiger partial charge in [-0.1, -0.05) is 32.4 Å². The summed E-state index contributed by atoms with van der Waals surface area (Å²) in [5.74, 6) is -1.12. The van der Waals surface area contributed by atoms with E-state index < -0.39 is 12.0 Å². The van der Waals surface area contributed by atoms with Crippen LogP contribution in [0.15, 0.2) is 24.3 Å². The summed E-state index contributed by atoms with van der Waals surface area (Å²) in [5, 5.41) is 12.2. The summed E-state index contributed by atoms with van der Waals surface area (Å²) in [7, 11) is 0. The Balaban J connectivity index is 2.76. The van der Waals surface area contributed by atoms with Crippen LogP contribution in [-0.4, -0.2) is 17.1 Å². The molecule has 0 aliphatic carbocycles. The minimum atomic E-state index is -0.836. The molecule has 4 heteroatoms. The Hall–Kier alpha value is -1.42. The highest BCUT2D eigenvalue weighted by Gasteiger charge is 2.20. The Labute approximate surface area is 107 Å². The molecule has 2 N–H and O–H groups in total. The number of hydrogen-bond acceptors (Lipinski definition) is 2. The zero-order valence-corrected chi connectivity index (χ0v) is 10.8. The van der Waals surface area contributed by atoms with E-state index in [0.29, 0.717) is 6.42 Å². The van der Waals surface area contributed by atoms with Crippen LogP contribution in [0.3, 0.4) is 0 Å². The van der Waals surface area contributed by atoms with Crippen molar-refractivity contribution in [1.82, 2.24) is 5.32 Å². The van der Waals surface area contributed by atoms with Crippen molar-refractivity contribution in [3.63, 3.8) is 0 Å². The van der Waals surface area contributed by atoms with Gasteiger partial charge < -0.3 is 5.11 Å². The van der Waals surface area contributed by atoms with Crippen molar-refractivity contribution in [2.45, 2.75) is 45.2 Å². The third-order valence-electron chi connectivity index (χ3n) is 2.96. The fourth-order valence-corrected chi connectivity index (χ4v) is 1.95. The van der Waals surface area contributed by atoms with E-state index in [-0.39, 0.29) is 11.9 Å². The lowest BCUT2D eigenvalue weighted by molar-refractivity contribution is -0.139. The molecule has 1 aromatic carbocycles.